The molecule has 2 N–H and O–H groups in total. The van der Waals surface area contributed by atoms with E-state index in [0.29, 0.717) is 39.1 Å². The minimum atomic E-state index is 0.0426. The number of aldehydes is 1. The van der Waals surface area contributed by atoms with Crippen LogP contribution in [0.3, 0.4) is 0 Å². The van der Waals surface area contributed by atoms with Crippen LogP contribution in [0.1, 0.15) is 12.8 Å². The largest absolute Gasteiger partial charge is 0.377 e. The van der Waals surface area contributed by atoms with Crippen LogP contribution in [0.15, 0.2) is 0 Å². The fourth-order valence-electron chi connectivity index (χ4n) is 1.13. The molecule has 0 unspecified atom stereocenters. The van der Waals surface area contributed by atoms with Crippen LogP contribution < -0.4 is 10.6 Å². The molecule has 1 amide bonds. The van der Waals surface area contributed by atoms with Crippen LogP contribution in [-0.4, -0.2) is 58.8 Å². The first-order chi connectivity index (χ1) is 8.31. The molecule has 0 fully saturated rings. The molecule has 0 heterocycles. The Morgan fingerprint density at radius 1 is 1.18 bits per heavy atom. The number of carbonyl (C=O) groups is 2. The zero-order valence-corrected chi connectivity index (χ0v) is 10.4. The predicted molar refractivity (Wildman–Crippen MR) is 63.9 cm³/mol. The molecule has 6 heteroatoms. The van der Waals surface area contributed by atoms with Crippen molar-refractivity contribution in [2.75, 3.05) is 46.6 Å². The van der Waals surface area contributed by atoms with Gasteiger partial charge < -0.3 is 24.9 Å². The highest BCUT2D eigenvalue weighted by atomic mass is 16.5. The second-order valence-corrected chi connectivity index (χ2v) is 3.41. The number of amides is 1. The van der Waals surface area contributed by atoms with Gasteiger partial charge in [0.05, 0.1) is 19.8 Å². The fourth-order valence-corrected chi connectivity index (χ4v) is 1.13. The Hall–Kier alpha value is -0.980. The van der Waals surface area contributed by atoms with Gasteiger partial charge in [0.15, 0.2) is 0 Å². The summed E-state index contributed by atoms with van der Waals surface area (Å²) in [5.74, 6) is 0.0426. The van der Waals surface area contributed by atoms with Crippen molar-refractivity contribution in [3.63, 3.8) is 0 Å². The van der Waals surface area contributed by atoms with Gasteiger partial charge in [0, 0.05) is 13.0 Å². The molecule has 0 saturated heterocycles. The third-order valence-electron chi connectivity index (χ3n) is 1.96. The highest BCUT2D eigenvalue weighted by molar-refractivity contribution is 5.75. The van der Waals surface area contributed by atoms with Gasteiger partial charge in [-0.15, -0.1) is 0 Å². The van der Waals surface area contributed by atoms with Gasteiger partial charge in [-0.05, 0) is 20.0 Å². The first kappa shape index (κ1) is 16.0. The molecule has 0 rings (SSSR count). The van der Waals surface area contributed by atoms with Crippen molar-refractivity contribution >= 4 is 12.2 Å². The molecule has 0 aromatic carbocycles. The summed E-state index contributed by atoms with van der Waals surface area (Å²) in [7, 11) is 1.86. The number of hydrogen-bond acceptors (Lipinski definition) is 5. The van der Waals surface area contributed by atoms with Gasteiger partial charge in [-0.25, -0.2) is 0 Å². The van der Waals surface area contributed by atoms with Gasteiger partial charge in [0.1, 0.15) is 12.9 Å². The number of carbonyl (C=O) groups excluding carboxylic acids is 2. The van der Waals surface area contributed by atoms with E-state index in [1.165, 1.54) is 0 Å². The molecular weight excluding hydrogens is 224 g/mol. The van der Waals surface area contributed by atoms with Gasteiger partial charge in [0.2, 0.25) is 5.91 Å². The van der Waals surface area contributed by atoms with Crippen molar-refractivity contribution < 1.29 is 19.1 Å². The molecule has 17 heavy (non-hydrogen) atoms. The van der Waals surface area contributed by atoms with Crippen LogP contribution in [-0.2, 0) is 19.1 Å². The summed E-state index contributed by atoms with van der Waals surface area (Å²) in [5.41, 5.74) is 0. The molecule has 0 radical (unpaired) electrons. The Morgan fingerprint density at radius 3 is 2.65 bits per heavy atom. The third kappa shape index (κ3) is 13.0. The summed E-state index contributed by atoms with van der Waals surface area (Å²) in [6, 6.07) is 0. The smallest absolute Gasteiger partial charge is 0.220 e. The van der Waals surface area contributed by atoms with Crippen LogP contribution in [0.4, 0.5) is 0 Å². The maximum absolute atomic E-state index is 11.2. The molecule has 0 aromatic rings. The van der Waals surface area contributed by atoms with Crippen molar-refractivity contribution in [3.8, 4) is 0 Å². The Balaban J connectivity index is 3.11. The van der Waals surface area contributed by atoms with E-state index in [0.717, 1.165) is 13.0 Å². The number of hydrogen-bond donors (Lipinski definition) is 2. The summed E-state index contributed by atoms with van der Waals surface area (Å²) in [6.45, 7) is 2.75. The summed E-state index contributed by atoms with van der Waals surface area (Å²) in [4.78, 5) is 21.1. The lowest BCUT2D eigenvalue weighted by Gasteiger charge is -2.06. The molecule has 0 spiro atoms. The first-order valence-corrected chi connectivity index (χ1v) is 5.81. The van der Waals surface area contributed by atoms with Crippen molar-refractivity contribution in [2.24, 2.45) is 0 Å². The van der Waals surface area contributed by atoms with Gasteiger partial charge >= 0.3 is 0 Å². The van der Waals surface area contributed by atoms with Crippen molar-refractivity contribution in [1.82, 2.24) is 10.6 Å². The highest BCUT2D eigenvalue weighted by Gasteiger charge is 1.99. The lowest BCUT2D eigenvalue weighted by molar-refractivity contribution is -0.121. The molecule has 0 saturated carbocycles. The zero-order valence-electron chi connectivity index (χ0n) is 10.4. The van der Waals surface area contributed by atoms with Gasteiger partial charge in [-0.1, -0.05) is 0 Å². The summed E-state index contributed by atoms with van der Waals surface area (Å²) in [5, 5.41) is 5.74. The maximum Gasteiger partial charge on any atom is 0.220 e. The van der Waals surface area contributed by atoms with E-state index in [2.05, 4.69) is 10.6 Å². The van der Waals surface area contributed by atoms with E-state index < -0.39 is 0 Å². The van der Waals surface area contributed by atoms with Gasteiger partial charge in [0.25, 0.3) is 0 Å². The van der Waals surface area contributed by atoms with E-state index in [9.17, 15) is 9.59 Å². The predicted octanol–water partition coefficient (Wildman–Crippen LogP) is -0.666. The average molecular weight is 246 g/mol. The third-order valence-corrected chi connectivity index (χ3v) is 1.96. The van der Waals surface area contributed by atoms with E-state index in [1.54, 1.807) is 0 Å². The molecule has 0 aliphatic rings. The van der Waals surface area contributed by atoms with Crippen molar-refractivity contribution in [3.05, 3.63) is 0 Å². The SMILES string of the molecule is CNCCCC(=O)NCCOCCOCC=O. The maximum atomic E-state index is 11.2. The van der Waals surface area contributed by atoms with Crippen molar-refractivity contribution in [1.29, 1.82) is 0 Å². The molecule has 0 aliphatic carbocycles. The quantitative estimate of drug-likeness (QED) is 0.353. The molecule has 0 atom stereocenters. The number of ether oxygens (including phenoxy) is 2. The molecular formula is C11H22N2O4. The zero-order chi connectivity index (χ0) is 12.8. The molecule has 0 bridgehead atoms. The van der Waals surface area contributed by atoms with Crippen LogP contribution in [0, 0.1) is 0 Å². The standard InChI is InChI=1S/C11H22N2O4/c1-12-4-2-3-11(15)13-5-7-16-9-10-17-8-6-14/h6,12H,2-5,7-10H2,1H3,(H,13,15). The summed E-state index contributed by atoms with van der Waals surface area (Å²) >= 11 is 0. The Morgan fingerprint density at radius 2 is 1.94 bits per heavy atom. The van der Waals surface area contributed by atoms with Crippen molar-refractivity contribution in [2.45, 2.75) is 12.8 Å². The molecule has 6 nitrogen and oxygen atoms in total. The molecule has 100 valence electrons. The van der Waals surface area contributed by atoms with Gasteiger partial charge in [-0.3, -0.25) is 4.79 Å². The fraction of sp³-hybridized carbons (Fsp3) is 0.818. The Labute approximate surface area is 102 Å². The van der Waals surface area contributed by atoms with Crippen LogP contribution >= 0.6 is 0 Å². The monoisotopic (exact) mass is 246 g/mol. The lowest BCUT2D eigenvalue weighted by Crippen LogP contribution is -2.28. The Bertz CT molecular complexity index is 200. The average Bonchev–Trinajstić information content (AvgIpc) is 2.33. The lowest BCUT2D eigenvalue weighted by atomic mass is 10.3. The number of rotatable bonds is 12. The normalized spacial score (nSPS) is 10.2. The van der Waals surface area contributed by atoms with Crippen LogP contribution in [0.5, 0.6) is 0 Å². The second kappa shape index (κ2) is 13.1. The topological polar surface area (TPSA) is 76.7 Å². The second-order valence-electron chi connectivity index (χ2n) is 3.41. The highest BCUT2D eigenvalue weighted by Crippen LogP contribution is 1.86. The van der Waals surface area contributed by atoms with E-state index in [1.807, 2.05) is 7.05 Å². The summed E-state index contributed by atoms with van der Waals surface area (Å²) < 4.78 is 10.1. The van der Waals surface area contributed by atoms with E-state index >= 15 is 0 Å². The van der Waals surface area contributed by atoms with Gasteiger partial charge in [-0.2, -0.15) is 0 Å². The van der Waals surface area contributed by atoms with E-state index in [4.69, 9.17) is 9.47 Å². The summed E-state index contributed by atoms with van der Waals surface area (Å²) in [6.07, 6.45) is 2.07. The minimum absolute atomic E-state index is 0.0426. The Kier molecular flexibility index (Phi) is 12.3. The molecule has 0 aliphatic heterocycles. The van der Waals surface area contributed by atoms with E-state index in [-0.39, 0.29) is 12.5 Å². The minimum Gasteiger partial charge on any atom is -0.377 e. The number of nitrogens with one attached hydrogen (secondary N) is 2. The first-order valence-electron chi connectivity index (χ1n) is 5.81. The van der Waals surface area contributed by atoms with Crippen LogP contribution in [0.2, 0.25) is 0 Å². The van der Waals surface area contributed by atoms with Crippen LogP contribution in [0.25, 0.3) is 0 Å². The molecule has 0 aromatic heterocycles.